The number of rotatable bonds is 4. The van der Waals surface area contributed by atoms with Crippen LogP contribution in [-0.2, 0) is 11.3 Å². The van der Waals surface area contributed by atoms with Gasteiger partial charge in [0.25, 0.3) is 5.91 Å². The molecule has 1 amide bonds. The molecule has 8 heteroatoms. The van der Waals surface area contributed by atoms with Crippen LogP contribution in [0.2, 0.25) is 15.1 Å². The first-order chi connectivity index (χ1) is 16.0. The van der Waals surface area contributed by atoms with Crippen LogP contribution in [0.3, 0.4) is 0 Å². The molecule has 0 radical (unpaired) electrons. The van der Waals surface area contributed by atoms with Crippen molar-refractivity contribution in [3.05, 3.63) is 104 Å². The zero-order valence-electron chi connectivity index (χ0n) is 17.1. The Kier molecular flexibility index (Phi) is 6.21. The highest BCUT2D eigenvalue weighted by Crippen LogP contribution is 2.35. The molecule has 4 nitrogen and oxygen atoms in total. The number of nitrogens with zero attached hydrogens (tertiary/aromatic N) is 2. The van der Waals surface area contributed by atoms with Crippen LogP contribution in [0.15, 0.2) is 82.8 Å². The van der Waals surface area contributed by atoms with Gasteiger partial charge in [0.15, 0.2) is 5.17 Å². The normalized spacial score (nSPS) is 16.2. The highest BCUT2D eigenvalue weighted by Gasteiger charge is 2.25. The summed E-state index contributed by atoms with van der Waals surface area (Å²) in [5.74, 6) is -0.202. The van der Waals surface area contributed by atoms with E-state index in [9.17, 15) is 4.79 Å². The summed E-state index contributed by atoms with van der Waals surface area (Å²) in [7, 11) is 0. The van der Waals surface area contributed by atoms with Crippen molar-refractivity contribution in [2.24, 2.45) is 4.99 Å². The predicted octanol–water partition coefficient (Wildman–Crippen LogP) is 7.54. The fraction of sp³-hybridized carbons (Fsp3) is 0.0400. The molecule has 5 rings (SSSR count). The number of carbonyl (C=O) groups excluding carboxylic acids is 1. The average Bonchev–Trinajstić information content (AvgIpc) is 3.33. The molecule has 1 fully saturated rings. The summed E-state index contributed by atoms with van der Waals surface area (Å²) in [5.41, 5.74) is 3.69. The Morgan fingerprint density at radius 2 is 1.76 bits per heavy atom. The van der Waals surface area contributed by atoms with Crippen LogP contribution in [0.4, 0.5) is 5.69 Å². The minimum Gasteiger partial charge on any atom is -0.342 e. The van der Waals surface area contributed by atoms with Gasteiger partial charge in [-0.25, -0.2) is 4.99 Å². The molecule has 1 aliphatic heterocycles. The van der Waals surface area contributed by atoms with Crippen molar-refractivity contribution in [1.29, 1.82) is 0 Å². The van der Waals surface area contributed by atoms with Crippen LogP contribution in [-0.4, -0.2) is 15.6 Å². The first-order valence-corrected chi connectivity index (χ1v) is 12.0. The number of amidine groups is 1. The maximum Gasteiger partial charge on any atom is 0.264 e. The minimum absolute atomic E-state index is 0.202. The largest absolute Gasteiger partial charge is 0.342 e. The smallest absolute Gasteiger partial charge is 0.264 e. The molecule has 2 heterocycles. The molecule has 0 saturated carbocycles. The highest BCUT2D eigenvalue weighted by molar-refractivity contribution is 8.18. The van der Waals surface area contributed by atoms with Crippen molar-refractivity contribution < 1.29 is 4.79 Å². The molecule has 1 N–H and O–H groups in total. The van der Waals surface area contributed by atoms with Crippen molar-refractivity contribution in [1.82, 2.24) is 9.88 Å². The van der Waals surface area contributed by atoms with E-state index < -0.39 is 0 Å². The molecule has 3 aromatic carbocycles. The van der Waals surface area contributed by atoms with Gasteiger partial charge in [-0.1, -0.05) is 71.2 Å². The molecule has 0 unspecified atom stereocenters. The van der Waals surface area contributed by atoms with Gasteiger partial charge in [0, 0.05) is 34.2 Å². The summed E-state index contributed by atoms with van der Waals surface area (Å²) >= 11 is 19.6. The SMILES string of the molecule is O=C1NC(=Nc2cccc(Cl)c2Cl)S/C1=C/c1cn(Cc2ccc(Cl)cc2)c2ccccc12. The van der Waals surface area contributed by atoms with E-state index in [2.05, 4.69) is 33.2 Å². The van der Waals surface area contributed by atoms with Gasteiger partial charge in [0.2, 0.25) is 0 Å². The van der Waals surface area contributed by atoms with E-state index in [0.29, 0.717) is 37.4 Å². The lowest BCUT2D eigenvalue weighted by molar-refractivity contribution is -0.115. The van der Waals surface area contributed by atoms with E-state index in [4.69, 9.17) is 34.8 Å². The lowest BCUT2D eigenvalue weighted by Crippen LogP contribution is -2.19. The number of carbonyl (C=O) groups is 1. The van der Waals surface area contributed by atoms with Gasteiger partial charge in [0.05, 0.1) is 20.6 Å². The standard InChI is InChI=1S/C25H16Cl3N3OS/c26-17-10-8-15(9-11-17)13-31-14-16(18-4-1-2-7-21(18)31)12-22-24(32)30-25(33-22)29-20-6-3-5-19(27)23(20)28/h1-12,14H,13H2,(H,29,30,32)/b22-12+. The average molecular weight is 513 g/mol. The molecule has 164 valence electrons. The molecular formula is C25H16Cl3N3OS. The van der Waals surface area contributed by atoms with Gasteiger partial charge in [-0.05, 0) is 53.7 Å². The Balaban J connectivity index is 1.47. The van der Waals surface area contributed by atoms with E-state index in [1.165, 1.54) is 11.8 Å². The molecule has 1 saturated heterocycles. The van der Waals surface area contributed by atoms with Crippen LogP contribution in [0, 0.1) is 0 Å². The van der Waals surface area contributed by atoms with Crippen molar-refractivity contribution in [2.75, 3.05) is 0 Å². The number of amides is 1. The second-order valence-corrected chi connectivity index (χ2v) is 9.66. The molecule has 0 spiro atoms. The Morgan fingerprint density at radius 3 is 2.58 bits per heavy atom. The van der Waals surface area contributed by atoms with Gasteiger partial charge in [-0.2, -0.15) is 0 Å². The quantitative estimate of drug-likeness (QED) is 0.287. The summed E-state index contributed by atoms with van der Waals surface area (Å²) in [6.45, 7) is 0.695. The second kappa shape index (κ2) is 9.27. The Morgan fingerprint density at radius 1 is 0.970 bits per heavy atom. The highest BCUT2D eigenvalue weighted by atomic mass is 35.5. The number of halogens is 3. The third-order valence-electron chi connectivity index (χ3n) is 5.18. The van der Waals surface area contributed by atoms with Gasteiger partial charge in [-0.15, -0.1) is 0 Å². The molecule has 1 aromatic heterocycles. The summed E-state index contributed by atoms with van der Waals surface area (Å²) in [4.78, 5) is 17.7. The van der Waals surface area contributed by atoms with Gasteiger partial charge in [-0.3, -0.25) is 4.79 Å². The summed E-state index contributed by atoms with van der Waals surface area (Å²) in [5, 5.41) is 5.80. The molecular weight excluding hydrogens is 497 g/mol. The molecule has 33 heavy (non-hydrogen) atoms. The molecule has 0 bridgehead atoms. The zero-order chi connectivity index (χ0) is 22.9. The number of nitrogens with one attached hydrogen (secondary N) is 1. The van der Waals surface area contributed by atoms with Crippen LogP contribution < -0.4 is 5.32 Å². The van der Waals surface area contributed by atoms with Crippen LogP contribution in [0.1, 0.15) is 11.1 Å². The first kappa shape index (κ1) is 22.1. The number of aromatic nitrogens is 1. The van der Waals surface area contributed by atoms with Gasteiger partial charge >= 0.3 is 0 Å². The fourth-order valence-electron chi connectivity index (χ4n) is 3.62. The maximum absolute atomic E-state index is 12.6. The van der Waals surface area contributed by atoms with E-state index in [-0.39, 0.29) is 5.91 Å². The Labute approximate surface area is 209 Å². The number of aliphatic imine (C=N–C) groups is 1. The fourth-order valence-corrected chi connectivity index (χ4v) is 4.91. The molecule has 0 atom stereocenters. The molecule has 0 aliphatic carbocycles. The number of hydrogen-bond acceptors (Lipinski definition) is 3. The number of hydrogen-bond donors (Lipinski definition) is 1. The van der Waals surface area contributed by atoms with Gasteiger partial charge < -0.3 is 9.88 Å². The van der Waals surface area contributed by atoms with Crippen molar-refractivity contribution in [3.8, 4) is 0 Å². The minimum atomic E-state index is -0.202. The monoisotopic (exact) mass is 511 g/mol. The van der Waals surface area contributed by atoms with Crippen LogP contribution in [0.25, 0.3) is 17.0 Å². The van der Waals surface area contributed by atoms with Crippen LogP contribution >= 0.6 is 46.6 Å². The third-order valence-corrected chi connectivity index (χ3v) is 7.15. The molecule has 1 aliphatic rings. The lowest BCUT2D eigenvalue weighted by Gasteiger charge is -2.05. The number of para-hydroxylation sites is 1. The van der Waals surface area contributed by atoms with Crippen molar-refractivity contribution in [3.63, 3.8) is 0 Å². The molecule has 4 aromatic rings. The van der Waals surface area contributed by atoms with E-state index in [1.54, 1.807) is 18.2 Å². The van der Waals surface area contributed by atoms with Gasteiger partial charge in [0.1, 0.15) is 0 Å². The van der Waals surface area contributed by atoms with E-state index in [1.807, 2.05) is 42.5 Å². The third kappa shape index (κ3) is 4.68. The second-order valence-electron chi connectivity index (χ2n) is 7.41. The van der Waals surface area contributed by atoms with E-state index >= 15 is 0 Å². The number of benzene rings is 3. The Bertz CT molecular complexity index is 1440. The number of thioether (sulfide) groups is 1. The predicted molar refractivity (Wildman–Crippen MR) is 140 cm³/mol. The summed E-state index contributed by atoms with van der Waals surface area (Å²) < 4.78 is 2.17. The number of fused-ring (bicyclic) bond motifs is 1. The topological polar surface area (TPSA) is 46.4 Å². The van der Waals surface area contributed by atoms with Crippen molar-refractivity contribution in [2.45, 2.75) is 6.54 Å². The summed E-state index contributed by atoms with van der Waals surface area (Å²) in [6.07, 6.45) is 3.95. The maximum atomic E-state index is 12.6. The zero-order valence-corrected chi connectivity index (χ0v) is 20.1. The first-order valence-electron chi connectivity index (χ1n) is 10.0. The van der Waals surface area contributed by atoms with Crippen molar-refractivity contribution >= 4 is 80.3 Å². The summed E-state index contributed by atoms with van der Waals surface area (Å²) in [6, 6.07) is 21.1. The lowest BCUT2D eigenvalue weighted by atomic mass is 10.1. The Hall–Kier alpha value is -2.70. The van der Waals surface area contributed by atoms with Crippen LogP contribution in [0.5, 0.6) is 0 Å². The van der Waals surface area contributed by atoms with E-state index in [0.717, 1.165) is 22.0 Å².